The monoisotopic (exact) mass is 524 g/mol. The van der Waals surface area contributed by atoms with Gasteiger partial charge >= 0.3 is 15.5 Å². The minimum absolute atomic E-state index is 0. The van der Waals surface area contributed by atoms with E-state index in [0.29, 0.717) is 36.2 Å². The molecular formula is C16H28F3IN4O2S. The SMILES string of the molecule is CCNC(=NCCC1=CCCC1)NC1CCN(S(=O)(=O)C(F)(F)F)CC1.I. The number of hydrogen-bond acceptors (Lipinski definition) is 3. The summed E-state index contributed by atoms with van der Waals surface area (Å²) in [4.78, 5) is 4.52. The Kier molecular flexibility index (Phi) is 9.83. The number of halogens is 4. The van der Waals surface area contributed by atoms with Crippen LogP contribution in [0, 0.1) is 0 Å². The molecule has 0 saturated carbocycles. The molecule has 2 N–H and O–H groups in total. The molecule has 0 amide bonds. The summed E-state index contributed by atoms with van der Waals surface area (Å²) in [6.07, 6.45) is 7.26. The van der Waals surface area contributed by atoms with Gasteiger partial charge < -0.3 is 10.6 Å². The summed E-state index contributed by atoms with van der Waals surface area (Å²) in [6.45, 7) is 2.98. The van der Waals surface area contributed by atoms with Gasteiger partial charge in [0, 0.05) is 32.2 Å². The van der Waals surface area contributed by atoms with Gasteiger partial charge in [0.05, 0.1) is 0 Å². The van der Waals surface area contributed by atoms with Gasteiger partial charge in [0.2, 0.25) is 0 Å². The molecular weight excluding hydrogens is 496 g/mol. The fraction of sp³-hybridized carbons (Fsp3) is 0.812. The smallest absolute Gasteiger partial charge is 0.357 e. The molecule has 1 heterocycles. The second kappa shape index (κ2) is 10.8. The highest BCUT2D eigenvalue weighted by Crippen LogP contribution is 2.29. The Balaban J connectivity index is 0.00000364. The Morgan fingerprint density at radius 1 is 1.33 bits per heavy atom. The number of hydrogen-bond donors (Lipinski definition) is 2. The van der Waals surface area contributed by atoms with Crippen molar-refractivity contribution in [2.75, 3.05) is 26.2 Å². The van der Waals surface area contributed by atoms with E-state index in [-0.39, 0.29) is 43.1 Å². The van der Waals surface area contributed by atoms with Crippen LogP contribution in [-0.2, 0) is 10.0 Å². The number of sulfonamides is 1. The molecule has 0 aromatic carbocycles. The van der Waals surface area contributed by atoms with Crippen LogP contribution in [0.2, 0.25) is 0 Å². The van der Waals surface area contributed by atoms with E-state index in [4.69, 9.17) is 0 Å². The van der Waals surface area contributed by atoms with Crippen LogP contribution in [0.3, 0.4) is 0 Å². The summed E-state index contributed by atoms with van der Waals surface area (Å²) in [7, 11) is -5.23. The molecule has 6 nitrogen and oxygen atoms in total. The zero-order valence-corrected chi connectivity index (χ0v) is 18.5. The molecule has 2 rings (SSSR count). The fourth-order valence-electron chi connectivity index (χ4n) is 3.18. The Labute approximate surface area is 176 Å². The summed E-state index contributed by atoms with van der Waals surface area (Å²) in [6, 6.07) is -0.0989. The highest BCUT2D eigenvalue weighted by atomic mass is 127. The van der Waals surface area contributed by atoms with Crippen LogP contribution in [0.15, 0.2) is 16.6 Å². The molecule has 11 heteroatoms. The summed E-state index contributed by atoms with van der Waals surface area (Å²) in [5, 5.41) is 6.34. The topological polar surface area (TPSA) is 73.8 Å². The Hall–Kier alpha value is -0.560. The van der Waals surface area contributed by atoms with Crippen LogP contribution in [0.25, 0.3) is 0 Å². The van der Waals surface area contributed by atoms with Crippen molar-refractivity contribution in [1.29, 1.82) is 0 Å². The van der Waals surface area contributed by atoms with Crippen LogP contribution in [0.4, 0.5) is 13.2 Å². The van der Waals surface area contributed by atoms with E-state index in [1.54, 1.807) is 0 Å². The zero-order chi connectivity index (χ0) is 19.2. The second-order valence-electron chi connectivity index (χ2n) is 6.53. The quantitative estimate of drug-likeness (QED) is 0.243. The van der Waals surface area contributed by atoms with Gasteiger partial charge in [-0.2, -0.15) is 17.5 Å². The van der Waals surface area contributed by atoms with Gasteiger partial charge in [-0.1, -0.05) is 11.6 Å². The van der Waals surface area contributed by atoms with Crippen LogP contribution in [-0.4, -0.2) is 56.4 Å². The normalized spacial score (nSPS) is 20.1. The molecule has 0 radical (unpaired) electrons. The van der Waals surface area contributed by atoms with E-state index in [0.717, 1.165) is 19.3 Å². The first-order valence-electron chi connectivity index (χ1n) is 9.03. The molecule has 1 fully saturated rings. The first-order valence-corrected chi connectivity index (χ1v) is 10.5. The predicted molar refractivity (Wildman–Crippen MR) is 111 cm³/mol. The third-order valence-electron chi connectivity index (χ3n) is 4.61. The van der Waals surface area contributed by atoms with E-state index in [1.165, 1.54) is 12.0 Å². The summed E-state index contributed by atoms with van der Waals surface area (Å²) < 4.78 is 61.2. The van der Waals surface area contributed by atoms with Gasteiger partial charge in [-0.05, 0) is 45.4 Å². The molecule has 2 aliphatic rings. The third-order valence-corrected chi connectivity index (χ3v) is 6.24. The third kappa shape index (κ3) is 7.08. The van der Waals surface area contributed by atoms with Crippen LogP contribution in [0.1, 0.15) is 45.4 Å². The molecule has 0 aromatic heterocycles. The van der Waals surface area contributed by atoms with E-state index < -0.39 is 15.5 Å². The minimum Gasteiger partial charge on any atom is -0.357 e. The molecule has 158 valence electrons. The number of alkyl halides is 3. The van der Waals surface area contributed by atoms with Crippen molar-refractivity contribution in [3.63, 3.8) is 0 Å². The first-order chi connectivity index (χ1) is 12.2. The molecule has 0 atom stereocenters. The van der Waals surface area contributed by atoms with Crippen molar-refractivity contribution in [3.05, 3.63) is 11.6 Å². The van der Waals surface area contributed by atoms with E-state index in [2.05, 4.69) is 21.7 Å². The largest absolute Gasteiger partial charge is 0.511 e. The lowest BCUT2D eigenvalue weighted by atomic mass is 10.1. The van der Waals surface area contributed by atoms with E-state index in [1.807, 2.05) is 6.92 Å². The summed E-state index contributed by atoms with van der Waals surface area (Å²) >= 11 is 0. The van der Waals surface area contributed by atoms with Gasteiger partial charge in [0.25, 0.3) is 0 Å². The standard InChI is InChI=1S/C16H27F3N4O2S.HI/c1-2-20-15(21-10-7-13-5-3-4-6-13)22-14-8-11-23(12-9-14)26(24,25)16(17,18)19;/h5,14H,2-4,6-12H2,1H3,(H2,20,21,22);1H. The first kappa shape index (κ1) is 24.5. The van der Waals surface area contributed by atoms with Crippen molar-refractivity contribution in [1.82, 2.24) is 14.9 Å². The number of allylic oxidation sites excluding steroid dienone is 1. The van der Waals surface area contributed by atoms with E-state index in [9.17, 15) is 21.6 Å². The van der Waals surface area contributed by atoms with Crippen molar-refractivity contribution < 1.29 is 21.6 Å². The second-order valence-corrected chi connectivity index (χ2v) is 8.46. The van der Waals surface area contributed by atoms with Gasteiger partial charge in [0.15, 0.2) is 5.96 Å². The lowest BCUT2D eigenvalue weighted by Gasteiger charge is -2.32. The van der Waals surface area contributed by atoms with Crippen molar-refractivity contribution in [2.24, 2.45) is 4.99 Å². The Morgan fingerprint density at radius 2 is 2.00 bits per heavy atom. The lowest BCUT2D eigenvalue weighted by Crippen LogP contribution is -2.51. The number of rotatable bonds is 6. The van der Waals surface area contributed by atoms with Crippen LogP contribution < -0.4 is 10.6 Å². The molecule has 1 aliphatic heterocycles. The van der Waals surface area contributed by atoms with Gasteiger partial charge in [-0.15, -0.1) is 24.0 Å². The average Bonchev–Trinajstić information content (AvgIpc) is 3.08. The average molecular weight is 524 g/mol. The van der Waals surface area contributed by atoms with Crippen LogP contribution >= 0.6 is 24.0 Å². The molecule has 0 bridgehead atoms. The number of aliphatic imine (C=N–C) groups is 1. The molecule has 0 aromatic rings. The van der Waals surface area contributed by atoms with Crippen molar-refractivity contribution >= 4 is 40.0 Å². The highest BCUT2D eigenvalue weighted by Gasteiger charge is 2.50. The maximum atomic E-state index is 12.6. The maximum Gasteiger partial charge on any atom is 0.511 e. The minimum atomic E-state index is -5.24. The maximum absolute atomic E-state index is 12.6. The van der Waals surface area contributed by atoms with Gasteiger partial charge in [-0.25, -0.2) is 8.42 Å². The highest BCUT2D eigenvalue weighted by molar-refractivity contribution is 14.0. The number of nitrogens with one attached hydrogen (secondary N) is 2. The van der Waals surface area contributed by atoms with Crippen LogP contribution in [0.5, 0.6) is 0 Å². The Bertz CT molecular complexity index is 630. The van der Waals surface area contributed by atoms with Crippen molar-refractivity contribution in [2.45, 2.75) is 57.0 Å². The molecule has 0 spiro atoms. The molecule has 1 aliphatic carbocycles. The predicted octanol–water partition coefficient (Wildman–Crippen LogP) is 2.97. The number of guanidine groups is 1. The molecule has 27 heavy (non-hydrogen) atoms. The Morgan fingerprint density at radius 3 is 2.52 bits per heavy atom. The number of nitrogens with zero attached hydrogens (tertiary/aromatic N) is 2. The molecule has 0 unspecified atom stereocenters. The van der Waals surface area contributed by atoms with Gasteiger partial charge in [0.1, 0.15) is 0 Å². The molecule has 1 saturated heterocycles. The zero-order valence-electron chi connectivity index (χ0n) is 15.4. The lowest BCUT2D eigenvalue weighted by molar-refractivity contribution is -0.0494. The van der Waals surface area contributed by atoms with Crippen molar-refractivity contribution in [3.8, 4) is 0 Å². The van der Waals surface area contributed by atoms with Gasteiger partial charge in [-0.3, -0.25) is 4.99 Å². The number of piperidine rings is 1. The van der Waals surface area contributed by atoms with E-state index >= 15 is 0 Å². The summed E-state index contributed by atoms with van der Waals surface area (Å²) in [5.41, 5.74) is -3.81. The summed E-state index contributed by atoms with van der Waals surface area (Å²) in [5.74, 6) is 0.628. The fourth-order valence-corrected chi connectivity index (χ4v) is 4.16.